The summed E-state index contributed by atoms with van der Waals surface area (Å²) in [6, 6.07) is 14.5. The molecule has 1 heterocycles. The SMILES string of the molecule is Fc1cccc(F)c1CN[C@H]1CCCN[C@H]1c1ccccc1. The Morgan fingerprint density at radius 1 is 1.00 bits per heavy atom. The fourth-order valence-corrected chi connectivity index (χ4v) is 3.05. The lowest BCUT2D eigenvalue weighted by molar-refractivity contribution is 0.302. The number of benzene rings is 2. The van der Waals surface area contributed by atoms with E-state index in [2.05, 4.69) is 22.8 Å². The van der Waals surface area contributed by atoms with Crippen molar-refractivity contribution in [3.8, 4) is 0 Å². The summed E-state index contributed by atoms with van der Waals surface area (Å²) in [4.78, 5) is 0. The summed E-state index contributed by atoms with van der Waals surface area (Å²) >= 11 is 0. The third kappa shape index (κ3) is 3.34. The predicted octanol–water partition coefficient (Wildman–Crippen LogP) is 3.55. The van der Waals surface area contributed by atoms with Crippen molar-refractivity contribution in [1.82, 2.24) is 10.6 Å². The third-order valence-corrected chi connectivity index (χ3v) is 4.22. The molecule has 0 bridgehead atoms. The van der Waals surface area contributed by atoms with Crippen LogP contribution in [0.25, 0.3) is 0 Å². The smallest absolute Gasteiger partial charge is 0.130 e. The molecule has 2 atom stereocenters. The van der Waals surface area contributed by atoms with Gasteiger partial charge in [0.05, 0.1) is 0 Å². The Morgan fingerprint density at radius 2 is 1.73 bits per heavy atom. The average Bonchev–Trinajstić information content (AvgIpc) is 2.56. The summed E-state index contributed by atoms with van der Waals surface area (Å²) in [5.41, 5.74) is 1.31. The van der Waals surface area contributed by atoms with Crippen molar-refractivity contribution in [1.29, 1.82) is 0 Å². The van der Waals surface area contributed by atoms with Crippen molar-refractivity contribution in [2.45, 2.75) is 31.5 Å². The highest BCUT2D eigenvalue weighted by atomic mass is 19.1. The molecule has 1 aliphatic heterocycles. The molecule has 0 aliphatic carbocycles. The Morgan fingerprint density at radius 3 is 2.45 bits per heavy atom. The summed E-state index contributed by atoms with van der Waals surface area (Å²) in [7, 11) is 0. The maximum atomic E-state index is 13.7. The van der Waals surface area contributed by atoms with E-state index in [9.17, 15) is 8.78 Å². The molecule has 2 N–H and O–H groups in total. The number of hydrogen-bond acceptors (Lipinski definition) is 2. The van der Waals surface area contributed by atoms with Crippen LogP contribution >= 0.6 is 0 Å². The lowest BCUT2D eigenvalue weighted by Gasteiger charge is -2.34. The second-order valence-electron chi connectivity index (χ2n) is 5.67. The first-order chi connectivity index (χ1) is 10.8. The zero-order chi connectivity index (χ0) is 15.4. The van der Waals surface area contributed by atoms with Gasteiger partial charge in [0.2, 0.25) is 0 Å². The molecule has 0 saturated carbocycles. The molecule has 2 aromatic carbocycles. The number of hydrogen-bond donors (Lipinski definition) is 2. The highest BCUT2D eigenvalue weighted by molar-refractivity contribution is 5.23. The van der Waals surface area contributed by atoms with Crippen molar-refractivity contribution in [2.24, 2.45) is 0 Å². The summed E-state index contributed by atoms with van der Waals surface area (Å²) in [6.45, 7) is 1.17. The van der Waals surface area contributed by atoms with Gasteiger partial charge < -0.3 is 10.6 Å². The van der Waals surface area contributed by atoms with Gasteiger partial charge in [0, 0.05) is 24.2 Å². The summed E-state index contributed by atoms with van der Waals surface area (Å²) in [6.07, 6.45) is 2.05. The zero-order valence-corrected chi connectivity index (χ0v) is 12.4. The van der Waals surface area contributed by atoms with E-state index in [4.69, 9.17) is 0 Å². The van der Waals surface area contributed by atoms with Crippen LogP contribution in [0.5, 0.6) is 0 Å². The van der Waals surface area contributed by atoms with Gasteiger partial charge in [-0.3, -0.25) is 0 Å². The normalized spacial score (nSPS) is 21.7. The molecule has 0 aromatic heterocycles. The molecule has 22 heavy (non-hydrogen) atoms. The minimum Gasteiger partial charge on any atom is -0.309 e. The number of piperidine rings is 1. The predicted molar refractivity (Wildman–Crippen MR) is 83.4 cm³/mol. The van der Waals surface area contributed by atoms with E-state index in [1.54, 1.807) is 0 Å². The summed E-state index contributed by atoms with van der Waals surface area (Å²) in [5, 5.41) is 6.83. The molecule has 2 aromatic rings. The molecule has 0 unspecified atom stereocenters. The Balaban J connectivity index is 1.72. The number of rotatable bonds is 4. The van der Waals surface area contributed by atoms with Gasteiger partial charge in [-0.2, -0.15) is 0 Å². The van der Waals surface area contributed by atoms with Gasteiger partial charge in [0.1, 0.15) is 11.6 Å². The van der Waals surface area contributed by atoms with Gasteiger partial charge in [-0.25, -0.2) is 8.78 Å². The van der Waals surface area contributed by atoms with Gasteiger partial charge >= 0.3 is 0 Å². The molecule has 0 amide bonds. The van der Waals surface area contributed by atoms with Crippen LogP contribution in [0.15, 0.2) is 48.5 Å². The molecule has 1 saturated heterocycles. The van der Waals surface area contributed by atoms with E-state index in [1.807, 2.05) is 18.2 Å². The maximum Gasteiger partial charge on any atom is 0.130 e. The van der Waals surface area contributed by atoms with Gasteiger partial charge in [0.25, 0.3) is 0 Å². The van der Waals surface area contributed by atoms with E-state index >= 15 is 0 Å². The molecule has 2 nitrogen and oxygen atoms in total. The first-order valence-electron chi connectivity index (χ1n) is 7.70. The van der Waals surface area contributed by atoms with Crippen LogP contribution in [0.3, 0.4) is 0 Å². The number of nitrogens with one attached hydrogen (secondary N) is 2. The van der Waals surface area contributed by atoms with Gasteiger partial charge in [-0.05, 0) is 37.1 Å². The molecule has 1 fully saturated rings. The fraction of sp³-hybridized carbons (Fsp3) is 0.333. The monoisotopic (exact) mass is 302 g/mol. The van der Waals surface area contributed by atoms with Crippen LogP contribution in [0.2, 0.25) is 0 Å². The molecule has 1 aliphatic rings. The Bertz CT molecular complexity index is 595. The quantitative estimate of drug-likeness (QED) is 0.902. The van der Waals surface area contributed by atoms with Crippen LogP contribution in [0.4, 0.5) is 8.78 Å². The molecular weight excluding hydrogens is 282 g/mol. The average molecular weight is 302 g/mol. The number of halogens is 2. The molecule has 0 spiro atoms. The minimum absolute atomic E-state index is 0.111. The zero-order valence-electron chi connectivity index (χ0n) is 12.4. The molecule has 3 rings (SSSR count). The van der Waals surface area contributed by atoms with Gasteiger partial charge in [-0.15, -0.1) is 0 Å². The van der Waals surface area contributed by atoms with Crippen LogP contribution < -0.4 is 10.6 Å². The summed E-state index contributed by atoms with van der Waals surface area (Å²) in [5.74, 6) is -0.986. The van der Waals surface area contributed by atoms with Crippen molar-refractivity contribution in [3.63, 3.8) is 0 Å². The lowest BCUT2D eigenvalue weighted by atomic mass is 9.92. The Kier molecular flexibility index (Phi) is 4.80. The Labute approximate surface area is 129 Å². The lowest BCUT2D eigenvalue weighted by Crippen LogP contribution is -2.45. The van der Waals surface area contributed by atoms with Crippen LogP contribution in [-0.4, -0.2) is 12.6 Å². The fourth-order valence-electron chi connectivity index (χ4n) is 3.05. The molecule has 4 heteroatoms. The standard InChI is InChI=1S/C18H20F2N2/c19-15-8-4-9-16(20)14(15)12-22-17-10-5-11-21-18(17)13-6-2-1-3-7-13/h1-4,6-9,17-18,21-22H,5,10-12H2/t17-,18-/m0/s1. The first-order valence-corrected chi connectivity index (χ1v) is 7.70. The Hall–Kier alpha value is -1.78. The van der Waals surface area contributed by atoms with E-state index < -0.39 is 11.6 Å². The van der Waals surface area contributed by atoms with Crippen molar-refractivity contribution in [2.75, 3.05) is 6.54 Å². The highest BCUT2D eigenvalue weighted by Gasteiger charge is 2.26. The molecular formula is C18H20F2N2. The van der Waals surface area contributed by atoms with E-state index in [1.165, 1.54) is 23.8 Å². The van der Waals surface area contributed by atoms with Gasteiger partial charge in [-0.1, -0.05) is 36.4 Å². The second-order valence-corrected chi connectivity index (χ2v) is 5.67. The van der Waals surface area contributed by atoms with Crippen molar-refractivity contribution in [3.05, 3.63) is 71.3 Å². The van der Waals surface area contributed by atoms with Crippen molar-refractivity contribution >= 4 is 0 Å². The van der Waals surface area contributed by atoms with Crippen LogP contribution in [-0.2, 0) is 6.54 Å². The third-order valence-electron chi connectivity index (χ3n) is 4.22. The van der Waals surface area contributed by atoms with E-state index in [0.29, 0.717) is 0 Å². The minimum atomic E-state index is -0.493. The maximum absolute atomic E-state index is 13.7. The summed E-state index contributed by atoms with van der Waals surface area (Å²) < 4.78 is 27.5. The highest BCUT2D eigenvalue weighted by Crippen LogP contribution is 2.24. The second kappa shape index (κ2) is 6.99. The topological polar surface area (TPSA) is 24.1 Å². The molecule has 0 radical (unpaired) electrons. The van der Waals surface area contributed by atoms with Crippen LogP contribution in [0, 0.1) is 11.6 Å². The van der Waals surface area contributed by atoms with E-state index in [-0.39, 0.29) is 24.2 Å². The molecule has 116 valence electrons. The first kappa shape index (κ1) is 15.1. The van der Waals surface area contributed by atoms with Crippen LogP contribution in [0.1, 0.15) is 30.0 Å². The van der Waals surface area contributed by atoms with E-state index in [0.717, 1.165) is 19.4 Å². The van der Waals surface area contributed by atoms with Crippen molar-refractivity contribution < 1.29 is 8.78 Å². The largest absolute Gasteiger partial charge is 0.309 e. The van der Waals surface area contributed by atoms with Gasteiger partial charge in [0.15, 0.2) is 0 Å².